The Morgan fingerprint density at radius 2 is 1.87 bits per heavy atom. The summed E-state index contributed by atoms with van der Waals surface area (Å²) in [5, 5.41) is 0. The fraction of sp³-hybridized carbons (Fsp3) is 1.00. The molecular formula is C6H11F3O5S. The molecule has 0 spiro atoms. The van der Waals surface area contributed by atoms with Crippen LogP contribution in [0.1, 0.15) is 6.92 Å². The van der Waals surface area contributed by atoms with Crippen LogP contribution in [0.4, 0.5) is 13.2 Å². The minimum Gasteiger partial charge on any atom is -0.353 e. The number of hydrogen-bond donors (Lipinski definition) is 0. The zero-order chi connectivity index (χ0) is 12.1. The van der Waals surface area contributed by atoms with E-state index in [4.69, 9.17) is 4.74 Å². The minimum absolute atomic E-state index is 0.161. The second-order valence-electron chi connectivity index (χ2n) is 2.30. The van der Waals surface area contributed by atoms with Crippen molar-refractivity contribution in [2.24, 2.45) is 0 Å². The van der Waals surface area contributed by atoms with E-state index in [-0.39, 0.29) is 6.61 Å². The first kappa shape index (κ1) is 14.6. The molecule has 15 heavy (non-hydrogen) atoms. The normalized spacial score (nSPS) is 15.3. The van der Waals surface area contributed by atoms with E-state index in [0.29, 0.717) is 0 Å². The predicted molar refractivity (Wildman–Crippen MR) is 43.3 cm³/mol. The summed E-state index contributed by atoms with van der Waals surface area (Å²) in [7, 11) is -4.42. The molecule has 0 aromatic heterocycles. The van der Waals surface area contributed by atoms with Crippen molar-refractivity contribution in [1.82, 2.24) is 0 Å². The zero-order valence-corrected chi connectivity index (χ0v) is 8.89. The molecule has 0 aliphatic carbocycles. The first-order valence-corrected chi connectivity index (χ1v) is 5.25. The number of alkyl halides is 3. The lowest BCUT2D eigenvalue weighted by atomic mass is 10.7. The molecule has 0 rings (SSSR count). The second kappa shape index (κ2) is 5.64. The molecule has 0 heterocycles. The number of rotatable bonds is 6. The molecule has 92 valence electrons. The average molecular weight is 252 g/mol. The van der Waals surface area contributed by atoms with Gasteiger partial charge in [-0.15, -0.1) is 0 Å². The number of hydrogen-bond acceptors (Lipinski definition) is 5. The molecule has 0 bridgehead atoms. The van der Waals surface area contributed by atoms with Crippen LogP contribution in [0.15, 0.2) is 0 Å². The van der Waals surface area contributed by atoms with E-state index in [1.54, 1.807) is 6.92 Å². The summed E-state index contributed by atoms with van der Waals surface area (Å²) in [4.78, 5) is 0. The van der Waals surface area contributed by atoms with Gasteiger partial charge in [-0.1, -0.05) is 0 Å². The van der Waals surface area contributed by atoms with Gasteiger partial charge >= 0.3 is 15.6 Å². The monoisotopic (exact) mass is 252 g/mol. The molecule has 1 unspecified atom stereocenters. The Labute approximate surface area is 85.2 Å². The van der Waals surface area contributed by atoms with E-state index in [1.807, 2.05) is 0 Å². The average Bonchev–Trinajstić information content (AvgIpc) is 2.10. The molecule has 9 heteroatoms. The van der Waals surface area contributed by atoms with Gasteiger partial charge in [0.05, 0.1) is 0 Å². The summed E-state index contributed by atoms with van der Waals surface area (Å²) >= 11 is 0. The van der Waals surface area contributed by atoms with E-state index < -0.39 is 28.5 Å². The minimum atomic E-state index is -5.58. The highest BCUT2D eigenvalue weighted by molar-refractivity contribution is 7.87. The van der Waals surface area contributed by atoms with Gasteiger partial charge in [0.1, 0.15) is 6.61 Å². The largest absolute Gasteiger partial charge is 0.523 e. The highest BCUT2D eigenvalue weighted by atomic mass is 32.2. The maximum atomic E-state index is 11.8. The van der Waals surface area contributed by atoms with Gasteiger partial charge in [-0.3, -0.25) is 4.18 Å². The van der Waals surface area contributed by atoms with Gasteiger partial charge in [0.25, 0.3) is 0 Å². The van der Waals surface area contributed by atoms with Gasteiger partial charge < -0.3 is 9.47 Å². The predicted octanol–water partition coefficient (Wildman–Crippen LogP) is 0.862. The third kappa shape index (κ3) is 4.78. The van der Waals surface area contributed by atoms with E-state index in [9.17, 15) is 21.6 Å². The van der Waals surface area contributed by atoms with E-state index in [0.717, 1.165) is 7.11 Å². The standard InChI is InChI=1S/C6H11F3O5S/c1-3-13-5(12-2)4-14-15(10,11)6(7,8)9/h5H,3-4H2,1-2H3. The first-order chi connectivity index (χ1) is 6.74. The lowest BCUT2D eigenvalue weighted by Gasteiger charge is -2.15. The van der Waals surface area contributed by atoms with Crippen molar-refractivity contribution in [2.45, 2.75) is 18.7 Å². The molecule has 1 atom stereocenters. The Kier molecular flexibility index (Phi) is 5.49. The zero-order valence-electron chi connectivity index (χ0n) is 8.07. The Balaban J connectivity index is 4.26. The molecule has 0 fully saturated rings. The van der Waals surface area contributed by atoms with Crippen molar-refractivity contribution < 1.29 is 35.2 Å². The topological polar surface area (TPSA) is 61.8 Å². The van der Waals surface area contributed by atoms with Crippen LogP contribution < -0.4 is 0 Å². The van der Waals surface area contributed by atoms with Gasteiger partial charge in [0.15, 0.2) is 6.29 Å². The van der Waals surface area contributed by atoms with Crippen molar-refractivity contribution in [1.29, 1.82) is 0 Å². The maximum Gasteiger partial charge on any atom is 0.523 e. The van der Waals surface area contributed by atoms with Gasteiger partial charge in [0, 0.05) is 13.7 Å². The van der Waals surface area contributed by atoms with E-state index in [2.05, 4.69) is 8.92 Å². The van der Waals surface area contributed by atoms with Crippen molar-refractivity contribution >= 4 is 10.1 Å². The smallest absolute Gasteiger partial charge is 0.353 e. The molecule has 0 radical (unpaired) electrons. The molecule has 0 amide bonds. The molecule has 0 aromatic rings. The van der Waals surface area contributed by atoms with Crippen LogP contribution in [0, 0.1) is 0 Å². The van der Waals surface area contributed by atoms with Crippen molar-refractivity contribution in [3.63, 3.8) is 0 Å². The fourth-order valence-electron chi connectivity index (χ4n) is 0.582. The van der Waals surface area contributed by atoms with Crippen LogP contribution in [-0.2, 0) is 23.8 Å². The first-order valence-electron chi connectivity index (χ1n) is 3.84. The molecule has 0 saturated carbocycles. The summed E-state index contributed by atoms with van der Waals surface area (Å²) in [6.07, 6.45) is -1.15. The van der Waals surface area contributed by atoms with Gasteiger partial charge in [-0.05, 0) is 6.92 Å². The lowest BCUT2D eigenvalue weighted by molar-refractivity contribution is -0.140. The third-order valence-corrected chi connectivity index (χ3v) is 2.27. The van der Waals surface area contributed by atoms with Crippen LogP contribution in [0.5, 0.6) is 0 Å². The van der Waals surface area contributed by atoms with Gasteiger partial charge in [0.2, 0.25) is 0 Å². The van der Waals surface area contributed by atoms with Crippen LogP contribution in [0.3, 0.4) is 0 Å². The van der Waals surface area contributed by atoms with E-state index in [1.165, 1.54) is 0 Å². The van der Waals surface area contributed by atoms with Crippen molar-refractivity contribution in [3.8, 4) is 0 Å². The molecule has 0 aromatic carbocycles. The van der Waals surface area contributed by atoms with Crippen LogP contribution >= 0.6 is 0 Å². The quantitative estimate of drug-likeness (QED) is 0.398. The van der Waals surface area contributed by atoms with Crippen molar-refractivity contribution in [3.05, 3.63) is 0 Å². The van der Waals surface area contributed by atoms with Crippen molar-refractivity contribution in [2.75, 3.05) is 20.3 Å². The summed E-state index contributed by atoms with van der Waals surface area (Å²) in [6.45, 7) is 0.893. The number of ether oxygens (including phenoxy) is 2. The Morgan fingerprint density at radius 3 is 2.20 bits per heavy atom. The van der Waals surface area contributed by atoms with Crippen LogP contribution in [0.2, 0.25) is 0 Å². The molecule has 0 N–H and O–H groups in total. The van der Waals surface area contributed by atoms with Gasteiger partial charge in [-0.25, -0.2) is 0 Å². The Hall–Kier alpha value is -0.380. The lowest BCUT2D eigenvalue weighted by Crippen LogP contribution is -2.30. The molecule has 0 saturated heterocycles. The fourth-order valence-corrected chi connectivity index (χ4v) is 1.01. The molecule has 0 aliphatic rings. The number of halogens is 3. The highest BCUT2D eigenvalue weighted by Gasteiger charge is 2.47. The Morgan fingerprint density at radius 1 is 1.33 bits per heavy atom. The molecule has 5 nitrogen and oxygen atoms in total. The van der Waals surface area contributed by atoms with Crippen LogP contribution in [0.25, 0.3) is 0 Å². The van der Waals surface area contributed by atoms with Gasteiger partial charge in [-0.2, -0.15) is 21.6 Å². The van der Waals surface area contributed by atoms with Crippen LogP contribution in [-0.4, -0.2) is 40.5 Å². The Bertz CT molecular complexity index is 273. The summed E-state index contributed by atoms with van der Waals surface area (Å²) < 4.78 is 69.1. The van der Waals surface area contributed by atoms with E-state index >= 15 is 0 Å². The molecular weight excluding hydrogens is 241 g/mol. The molecule has 0 aliphatic heterocycles. The summed E-state index contributed by atoms with van der Waals surface area (Å²) in [5.74, 6) is 0. The summed E-state index contributed by atoms with van der Waals surface area (Å²) in [5.41, 5.74) is -5.43. The second-order valence-corrected chi connectivity index (χ2v) is 3.91. The summed E-state index contributed by atoms with van der Waals surface area (Å²) in [6, 6.07) is 0. The third-order valence-electron chi connectivity index (χ3n) is 1.26. The highest BCUT2D eigenvalue weighted by Crippen LogP contribution is 2.24. The maximum absolute atomic E-state index is 11.8. The SMILES string of the molecule is CCOC(COS(=O)(=O)C(F)(F)F)OC. The number of methoxy groups -OCH3 is 1.